The quantitative estimate of drug-likeness (QED) is 0.750. The Morgan fingerprint density at radius 2 is 2.00 bits per heavy atom. The average molecular weight is 237 g/mol. The summed E-state index contributed by atoms with van der Waals surface area (Å²) in [6.45, 7) is 2.79. The van der Waals surface area contributed by atoms with Crippen LogP contribution in [0.4, 0.5) is 8.78 Å². The zero-order valence-corrected chi connectivity index (χ0v) is 9.71. The van der Waals surface area contributed by atoms with Crippen molar-refractivity contribution in [2.24, 2.45) is 0 Å². The van der Waals surface area contributed by atoms with Crippen LogP contribution in [0.25, 0.3) is 10.9 Å². The Balaban J connectivity index is 2.75. The summed E-state index contributed by atoms with van der Waals surface area (Å²) in [7, 11) is 0. The molecule has 1 aromatic heterocycles. The summed E-state index contributed by atoms with van der Waals surface area (Å²) in [5.41, 5.74) is 1.84. The molecule has 2 aromatic rings. The number of nitrogens with zero attached hydrogens (tertiary/aromatic N) is 1. The van der Waals surface area contributed by atoms with Crippen molar-refractivity contribution < 1.29 is 13.6 Å². The first-order valence-corrected chi connectivity index (χ1v) is 5.39. The van der Waals surface area contributed by atoms with Gasteiger partial charge >= 0.3 is 0 Å². The summed E-state index contributed by atoms with van der Waals surface area (Å²) in [4.78, 5) is 11.6. The number of benzene rings is 1. The van der Waals surface area contributed by atoms with Crippen molar-refractivity contribution in [1.29, 1.82) is 0 Å². The van der Waals surface area contributed by atoms with E-state index in [4.69, 9.17) is 0 Å². The van der Waals surface area contributed by atoms with E-state index in [1.165, 1.54) is 11.5 Å². The molecule has 0 saturated heterocycles. The molecule has 0 amide bonds. The van der Waals surface area contributed by atoms with Gasteiger partial charge in [0.25, 0.3) is 6.43 Å². The van der Waals surface area contributed by atoms with Gasteiger partial charge in [0, 0.05) is 22.2 Å². The van der Waals surface area contributed by atoms with Crippen LogP contribution in [0.3, 0.4) is 0 Å². The van der Waals surface area contributed by atoms with Crippen LogP contribution in [0, 0.1) is 6.92 Å². The second-order valence-corrected chi connectivity index (χ2v) is 4.04. The third-order valence-corrected chi connectivity index (χ3v) is 2.90. The predicted octanol–water partition coefficient (Wildman–Crippen LogP) is 3.42. The molecule has 1 heterocycles. The van der Waals surface area contributed by atoms with E-state index < -0.39 is 6.43 Å². The minimum absolute atomic E-state index is 0.0910. The molecular weight excluding hydrogens is 224 g/mol. The molecule has 90 valence electrons. The van der Waals surface area contributed by atoms with Gasteiger partial charge in [0.05, 0.1) is 6.54 Å². The number of ketones is 1. The number of rotatable bonds is 3. The fourth-order valence-corrected chi connectivity index (χ4v) is 2.25. The molecule has 2 nitrogen and oxygen atoms in total. The first-order valence-electron chi connectivity index (χ1n) is 5.39. The Hall–Kier alpha value is -1.71. The molecule has 0 atom stereocenters. The third kappa shape index (κ3) is 1.95. The van der Waals surface area contributed by atoms with Crippen LogP contribution >= 0.6 is 0 Å². The average Bonchev–Trinajstić information content (AvgIpc) is 2.52. The van der Waals surface area contributed by atoms with Crippen molar-refractivity contribution in [3.05, 3.63) is 35.5 Å². The highest BCUT2D eigenvalue weighted by Gasteiger charge is 2.18. The molecule has 0 fully saturated rings. The molecule has 0 aliphatic carbocycles. The number of alkyl halides is 2. The number of fused-ring (bicyclic) bond motifs is 1. The Morgan fingerprint density at radius 1 is 1.35 bits per heavy atom. The van der Waals surface area contributed by atoms with Gasteiger partial charge in [0.2, 0.25) is 0 Å². The molecule has 0 N–H and O–H groups in total. The molecule has 0 radical (unpaired) electrons. The SMILES string of the molecule is CC(=O)c1c(C)n(CC(F)F)c2ccccc12. The summed E-state index contributed by atoms with van der Waals surface area (Å²) < 4.78 is 26.6. The normalized spacial score (nSPS) is 11.4. The summed E-state index contributed by atoms with van der Waals surface area (Å²) in [6.07, 6.45) is -2.43. The number of para-hydroxylation sites is 1. The number of carbonyl (C=O) groups is 1. The summed E-state index contributed by atoms with van der Waals surface area (Å²) in [5.74, 6) is -0.0910. The van der Waals surface area contributed by atoms with Crippen molar-refractivity contribution >= 4 is 16.7 Å². The highest BCUT2D eigenvalue weighted by atomic mass is 19.3. The lowest BCUT2D eigenvalue weighted by Crippen LogP contribution is -2.08. The molecule has 4 heteroatoms. The van der Waals surface area contributed by atoms with Gasteiger partial charge in [-0.3, -0.25) is 4.79 Å². The Bertz CT molecular complexity index is 572. The molecule has 0 aliphatic heterocycles. The van der Waals surface area contributed by atoms with Gasteiger partial charge in [-0.2, -0.15) is 0 Å². The Labute approximate surface area is 97.8 Å². The summed E-state index contributed by atoms with van der Waals surface area (Å²) in [6, 6.07) is 7.15. The van der Waals surface area contributed by atoms with Crippen LogP contribution in [0.1, 0.15) is 23.0 Å². The van der Waals surface area contributed by atoms with Crippen molar-refractivity contribution in [2.45, 2.75) is 26.8 Å². The lowest BCUT2D eigenvalue weighted by Gasteiger charge is -2.07. The molecule has 2 rings (SSSR count). The molecule has 17 heavy (non-hydrogen) atoms. The summed E-state index contributed by atoms with van der Waals surface area (Å²) >= 11 is 0. The maximum atomic E-state index is 12.5. The van der Waals surface area contributed by atoms with Gasteiger partial charge < -0.3 is 4.57 Å². The van der Waals surface area contributed by atoms with E-state index in [1.54, 1.807) is 31.2 Å². The summed E-state index contributed by atoms with van der Waals surface area (Å²) in [5, 5.41) is 0.748. The smallest absolute Gasteiger partial charge is 0.256 e. The molecule has 0 spiro atoms. The Kier molecular flexibility index (Phi) is 2.96. The van der Waals surface area contributed by atoms with Gasteiger partial charge in [-0.05, 0) is 19.9 Å². The van der Waals surface area contributed by atoms with Gasteiger partial charge in [-0.25, -0.2) is 8.78 Å². The fourth-order valence-electron chi connectivity index (χ4n) is 2.25. The third-order valence-electron chi connectivity index (χ3n) is 2.90. The van der Waals surface area contributed by atoms with Crippen LogP contribution < -0.4 is 0 Å². The standard InChI is InChI=1S/C13H13F2NO/c1-8-13(9(2)17)10-5-3-4-6-11(10)16(8)7-12(14)15/h3-6,12H,7H2,1-2H3. The van der Waals surface area contributed by atoms with E-state index in [0.717, 1.165) is 5.39 Å². The number of carbonyl (C=O) groups excluding carboxylic acids is 1. The maximum absolute atomic E-state index is 12.5. The molecule has 0 aliphatic rings. The number of hydrogen-bond donors (Lipinski definition) is 0. The van der Waals surface area contributed by atoms with Crippen molar-refractivity contribution in [3.8, 4) is 0 Å². The fraction of sp³-hybridized carbons (Fsp3) is 0.308. The zero-order chi connectivity index (χ0) is 12.6. The highest BCUT2D eigenvalue weighted by Crippen LogP contribution is 2.26. The van der Waals surface area contributed by atoms with Crippen LogP contribution in [-0.2, 0) is 6.54 Å². The Morgan fingerprint density at radius 3 is 2.59 bits per heavy atom. The highest BCUT2D eigenvalue weighted by molar-refractivity contribution is 6.08. The topological polar surface area (TPSA) is 22.0 Å². The van der Waals surface area contributed by atoms with Gasteiger partial charge in [0.1, 0.15) is 0 Å². The van der Waals surface area contributed by atoms with Crippen molar-refractivity contribution in [3.63, 3.8) is 0 Å². The van der Waals surface area contributed by atoms with E-state index in [-0.39, 0.29) is 12.3 Å². The van der Waals surface area contributed by atoms with Gasteiger partial charge in [-0.15, -0.1) is 0 Å². The zero-order valence-electron chi connectivity index (χ0n) is 9.71. The van der Waals surface area contributed by atoms with E-state index >= 15 is 0 Å². The lowest BCUT2D eigenvalue weighted by atomic mass is 10.1. The van der Waals surface area contributed by atoms with Gasteiger partial charge in [-0.1, -0.05) is 18.2 Å². The van der Waals surface area contributed by atoms with E-state index in [2.05, 4.69) is 0 Å². The van der Waals surface area contributed by atoms with E-state index in [1.807, 2.05) is 0 Å². The number of Topliss-reactive ketones (excluding diaryl/α,β-unsaturated/α-hetero) is 1. The monoisotopic (exact) mass is 237 g/mol. The van der Waals surface area contributed by atoms with E-state index in [0.29, 0.717) is 16.8 Å². The number of halogens is 2. The minimum atomic E-state index is -2.43. The largest absolute Gasteiger partial charge is 0.338 e. The predicted molar refractivity (Wildman–Crippen MR) is 62.7 cm³/mol. The maximum Gasteiger partial charge on any atom is 0.256 e. The first kappa shape index (κ1) is 11.8. The minimum Gasteiger partial charge on any atom is -0.338 e. The van der Waals surface area contributed by atoms with Crippen LogP contribution in [0.15, 0.2) is 24.3 Å². The molecule has 0 unspecified atom stereocenters. The van der Waals surface area contributed by atoms with Crippen LogP contribution in [-0.4, -0.2) is 16.8 Å². The van der Waals surface area contributed by atoms with Crippen molar-refractivity contribution in [1.82, 2.24) is 4.57 Å². The number of aromatic nitrogens is 1. The molecule has 0 bridgehead atoms. The van der Waals surface area contributed by atoms with Crippen LogP contribution in [0.2, 0.25) is 0 Å². The van der Waals surface area contributed by atoms with Gasteiger partial charge in [0.15, 0.2) is 5.78 Å². The second-order valence-electron chi connectivity index (χ2n) is 4.04. The first-order chi connectivity index (χ1) is 8.02. The second kappa shape index (κ2) is 4.28. The van der Waals surface area contributed by atoms with E-state index in [9.17, 15) is 13.6 Å². The van der Waals surface area contributed by atoms with Crippen LogP contribution in [0.5, 0.6) is 0 Å². The molecular formula is C13H13F2NO. The lowest BCUT2D eigenvalue weighted by molar-refractivity contribution is 0.101. The number of hydrogen-bond acceptors (Lipinski definition) is 1. The molecule has 0 saturated carbocycles. The van der Waals surface area contributed by atoms with Crippen molar-refractivity contribution in [2.75, 3.05) is 0 Å². The molecule has 1 aromatic carbocycles.